The third-order valence-electron chi connectivity index (χ3n) is 1.95. The Morgan fingerprint density at radius 3 is 1.82 bits per heavy atom. The molecular formula is C11H12Na2O8S. The SMILES string of the molecule is COc1ccccc1.O=C([O-])CC(C(=O)[O-])S(=O)(=O)O.[Na+].[Na+]. The maximum atomic E-state index is 10.2. The number of carbonyl (C=O) groups is 2. The van der Waals surface area contributed by atoms with Gasteiger partial charge in [0.05, 0.1) is 13.1 Å². The quantitative estimate of drug-likeness (QED) is 0.407. The van der Waals surface area contributed by atoms with Crippen LogP contribution in [0.25, 0.3) is 0 Å². The summed E-state index contributed by atoms with van der Waals surface area (Å²) in [6.07, 6.45) is -1.33. The van der Waals surface area contributed by atoms with E-state index in [1.54, 1.807) is 7.11 Å². The van der Waals surface area contributed by atoms with E-state index in [1.165, 1.54) is 0 Å². The second-order valence-electron chi connectivity index (χ2n) is 3.42. The minimum absolute atomic E-state index is 0. The number of carboxylic acid groups (broad SMARTS) is 2. The van der Waals surface area contributed by atoms with Crippen LogP contribution in [0.15, 0.2) is 30.3 Å². The molecule has 8 nitrogen and oxygen atoms in total. The van der Waals surface area contributed by atoms with Gasteiger partial charge < -0.3 is 24.5 Å². The maximum Gasteiger partial charge on any atom is 1.00 e. The molecule has 0 radical (unpaired) electrons. The minimum atomic E-state index is -4.94. The molecule has 0 aromatic heterocycles. The van der Waals surface area contributed by atoms with Gasteiger partial charge in [-0.1, -0.05) is 18.2 Å². The summed E-state index contributed by atoms with van der Waals surface area (Å²) in [4.78, 5) is 19.7. The zero-order valence-electron chi connectivity index (χ0n) is 12.4. The largest absolute Gasteiger partial charge is 1.00 e. The van der Waals surface area contributed by atoms with Crippen LogP contribution < -0.4 is 74.1 Å². The summed E-state index contributed by atoms with van der Waals surface area (Å²) >= 11 is 0. The summed E-state index contributed by atoms with van der Waals surface area (Å²) in [5.41, 5.74) is 0. The number of hydrogen-bond acceptors (Lipinski definition) is 7. The number of para-hydroxylation sites is 1. The molecular weight excluding hydrogens is 338 g/mol. The molecule has 22 heavy (non-hydrogen) atoms. The summed E-state index contributed by atoms with van der Waals surface area (Å²) in [5, 5.41) is 17.3. The molecule has 0 heterocycles. The Bertz CT molecular complexity index is 546. The van der Waals surface area contributed by atoms with E-state index in [9.17, 15) is 28.2 Å². The van der Waals surface area contributed by atoms with Crippen molar-refractivity contribution in [1.29, 1.82) is 0 Å². The molecule has 1 N–H and O–H groups in total. The summed E-state index contributed by atoms with van der Waals surface area (Å²) in [7, 11) is -3.28. The molecule has 0 fully saturated rings. The second-order valence-corrected chi connectivity index (χ2v) is 5.01. The van der Waals surface area contributed by atoms with Gasteiger partial charge in [0.15, 0.2) is 0 Å². The number of rotatable bonds is 5. The normalized spacial score (nSPS) is 10.6. The van der Waals surface area contributed by atoms with Gasteiger partial charge in [0.25, 0.3) is 10.1 Å². The van der Waals surface area contributed by atoms with Crippen LogP contribution in [0.5, 0.6) is 5.75 Å². The number of hydrogen-bond donors (Lipinski definition) is 1. The van der Waals surface area contributed by atoms with Gasteiger partial charge in [-0.05, 0) is 12.1 Å². The van der Waals surface area contributed by atoms with E-state index in [2.05, 4.69) is 0 Å². The molecule has 0 spiro atoms. The standard InChI is InChI=1S/C7H8O.C4H6O7S.2Na/c1-8-7-5-3-2-4-6-7;5-3(6)1-2(4(7)8)12(9,10)11;;/h2-6H,1H3;2H,1H2,(H,5,6)(H,7,8)(H,9,10,11);;/q;;2*+1/p-2. The topological polar surface area (TPSA) is 144 Å². The number of methoxy groups -OCH3 is 1. The molecule has 0 aliphatic rings. The Labute approximate surface area is 172 Å². The van der Waals surface area contributed by atoms with Gasteiger partial charge in [-0.3, -0.25) is 4.55 Å². The van der Waals surface area contributed by atoms with Crippen molar-refractivity contribution in [2.45, 2.75) is 11.7 Å². The minimum Gasteiger partial charge on any atom is -0.550 e. The first-order chi connectivity index (χ1) is 9.18. The zero-order valence-corrected chi connectivity index (χ0v) is 17.2. The van der Waals surface area contributed by atoms with E-state index in [-0.39, 0.29) is 59.1 Å². The molecule has 1 atom stereocenters. The van der Waals surface area contributed by atoms with Crippen molar-refractivity contribution < 1.29 is 96.6 Å². The predicted molar refractivity (Wildman–Crippen MR) is 63.0 cm³/mol. The molecule has 112 valence electrons. The average Bonchev–Trinajstić information content (AvgIpc) is 2.36. The van der Waals surface area contributed by atoms with E-state index in [1.807, 2.05) is 30.3 Å². The molecule has 11 heteroatoms. The summed E-state index contributed by atoms with van der Waals surface area (Å²) < 4.78 is 33.4. The van der Waals surface area contributed by atoms with E-state index in [0.29, 0.717) is 0 Å². The zero-order chi connectivity index (χ0) is 15.8. The second kappa shape index (κ2) is 13.3. The van der Waals surface area contributed by atoms with Crippen molar-refractivity contribution in [3.8, 4) is 5.75 Å². The number of carbonyl (C=O) groups excluding carboxylic acids is 2. The first kappa shape index (κ1) is 26.8. The van der Waals surface area contributed by atoms with Gasteiger partial charge in [-0.25, -0.2) is 0 Å². The molecule has 1 rings (SSSR count). The predicted octanol–water partition coefficient (Wildman–Crippen LogP) is -8.16. The van der Waals surface area contributed by atoms with Crippen LogP contribution in [-0.4, -0.2) is 37.3 Å². The maximum absolute atomic E-state index is 10.2. The molecule has 1 aromatic carbocycles. The first-order valence-corrected chi connectivity index (χ1v) is 6.64. The number of ether oxygens (including phenoxy) is 1. The van der Waals surface area contributed by atoms with Gasteiger partial charge in [0, 0.05) is 12.4 Å². The molecule has 1 unspecified atom stereocenters. The molecule has 0 aliphatic carbocycles. The smallest absolute Gasteiger partial charge is 0.550 e. The van der Waals surface area contributed by atoms with Crippen LogP contribution in [0.3, 0.4) is 0 Å². The van der Waals surface area contributed by atoms with Crippen LogP contribution in [0, 0.1) is 0 Å². The van der Waals surface area contributed by atoms with Crippen LogP contribution in [0.2, 0.25) is 0 Å². The van der Waals surface area contributed by atoms with Crippen molar-refractivity contribution in [2.24, 2.45) is 0 Å². The van der Waals surface area contributed by atoms with Crippen molar-refractivity contribution >= 4 is 22.1 Å². The molecule has 0 aliphatic heterocycles. The number of aliphatic carboxylic acids is 2. The molecule has 1 aromatic rings. The van der Waals surface area contributed by atoms with Crippen LogP contribution in [0.1, 0.15) is 6.42 Å². The number of carboxylic acids is 2. The van der Waals surface area contributed by atoms with Gasteiger partial charge in [-0.15, -0.1) is 0 Å². The van der Waals surface area contributed by atoms with E-state index < -0.39 is 33.7 Å². The fourth-order valence-corrected chi connectivity index (χ4v) is 1.61. The van der Waals surface area contributed by atoms with Crippen molar-refractivity contribution in [2.75, 3.05) is 7.11 Å². The Kier molecular flexibility index (Phi) is 16.2. The van der Waals surface area contributed by atoms with E-state index in [4.69, 9.17) is 9.29 Å². The van der Waals surface area contributed by atoms with Crippen LogP contribution in [-0.2, 0) is 19.7 Å². The molecule has 0 saturated heterocycles. The van der Waals surface area contributed by atoms with Crippen molar-refractivity contribution in [3.05, 3.63) is 30.3 Å². The van der Waals surface area contributed by atoms with Gasteiger partial charge in [0.1, 0.15) is 11.0 Å². The Hall–Kier alpha value is -0.130. The summed E-state index contributed by atoms with van der Waals surface area (Å²) in [6, 6.07) is 9.68. The number of benzene rings is 1. The Morgan fingerprint density at radius 1 is 1.18 bits per heavy atom. The van der Waals surface area contributed by atoms with Crippen molar-refractivity contribution in [3.63, 3.8) is 0 Å². The molecule has 0 amide bonds. The van der Waals surface area contributed by atoms with Crippen LogP contribution in [0.4, 0.5) is 0 Å². The summed E-state index contributed by atoms with van der Waals surface area (Å²) in [6.45, 7) is 0. The van der Waals surface area contributed by atoms with Gasteiger partial charge in [0.2, 0.25) is 0 Å². The third kappa shape index (κ3) is 12.4. The summed E-state index contributed by atoms with van der Waals surface area (Å²) in [5.74, 6) is -3.17. The monoisotopic (exact) mass is 350 g/mol. The average molecular weight is 350 g/mol. The van der Waals surface area contributed by atoms with E-state index >= 15 is 0 Å². The first-order valence-electron chi connectivity index (χ1n) is 5.14. The fourth-order valence-electron chi connectivity index (χ4n) is 1.02. The van der Waals surface area contributed by atoms with Gasteiger partial charge in [-0.2, -0.15) is 8.42 Å². The molecule has 0 bridgehead atoms. The van der Waals surface area contributed by atoms with E-state index in [0.717, 1.165) is 5.75 Å². The fraction of sp³-hybridized carbons (Fsp3) is 0.273. The Balaban J connectivity index is -0.000000318. The molecule has 0 saturated carbocycles. The third-order valence-corrected chi connectivity index (χ3v) is 3.03. The van der Waals surface area contributed by atoms with Crippen molar-refractivity contribution in [1.82, 2.24) is 0 Å². The van der Waals surface area contributed by atoms with Crippen LogP contribution >= 0.6 is 0 Å². The van der Waals surface area contributed by atoms with Gasteiger partial charge >= 0.3 is 59.1 Å². The Morgan fingerprint density at radius 2 is 1.64 bits per heavy atom.